The summed E-state index contributed by atoms with van der Waals surface area (Å²) in [5, 5.41) is 0. The minimum absolute atomic E-state index is 0. The molecule has 1 radical (unpaired) electrons. The van der Waals surface area contributed by atoms with Gasteiger partial charge in [-0.15, -0.1) is 6.42 Å². The van der Waals surface area contributed by atoms with Crippen LogP contribution in [0.3, 0.4) is 0 Å². The van der Waals surface area contributed by atoms with Gasteiger partial charge in [-0.25, -0.2) is 11.6 Å². The molecule has 1 atom stereocenters. The summed E-state index contributed by atoms with van der Waals surface area (Å²) >= 11 is 2.26. The van der Waals surface area contributed by atoms with Crippen molar-refractivity contribution in [3.8, 4) is 0 Å². The quantitative estimate of drug-likeness (QED) is 0.452. The Morgan fingerprint density at radius 3 is 2.17 bits per heavy atom. The largest absolute Gasteiger partial charge is 3.00 e. The molecule has 2 rings (SSSR count). The summed E-state index contributed by atoms with van der Waals surface area (Å²) in [6.07, 6.45) is 15.1. The van der Waals surface area contributed by atoms with E-state index in [1.54, 1.807) is 0 Å². The van der Waals surface area contributed by atoms with Gasteiger partial charge in [-0.05, 0) is 25.7 Å². The molecule has 2 aliphatic carbocycles. The van der Waals surface area contributed by atoms with Crippen LogP contribution in [0.25, 0.3) is 0 Å². The van der Waals surface area contributed by atoms with Crippen LogP contribution >= 0.6 is 11.2 Å². The first-order chi connectivity index (χ1) is 9.58. The zero-order valence-corrected chi connectivity index (χ0v) is 20.8. The molecular weight excluding hydrogens is 407 g/mol. The van der Waals surface area contributed by atoms with E-state index >= 15 is 0 Å². The average molecular weight is 436 g/mol. The fourth-order valence-electron chi connectivity index (χ4n) is 3.55. The summed E-state index contributed by atoms with van der Waals surface area (Å²) in [4.78, 5) is 0. The Labute approximate surface area is 181 Å². The number of halogens is 2. The molecule has 0 N–H and O–H groups in total. The van der Waals surface area contributed by atoms with E-state index in [1.807, 2.05) is 0 Å². The predicted molar refractivity (Wildman–Crippen MR) is 100 cm³/mol. The second-order valence-corrected chi connectivity index (χ2v) is 17.3. The minimum Gasteiger partial charge on any atom is -1.00 e. The second kappa shape index (κ2) is 9.67. The molecule has 0 aromatic rings. The van der Waals surface area contributed by atoms with E-state index in [9.17, 15) is 0 Å². The molecule has 0 spiro atoms. The van der Waals surface area contributed by atoms with E-state index in [4.69, 9.17) is 0 Å². The van der Waals surface area contributed by atoms with Crippen LogP contribution in [0.15, 0.2) is 41.0 Å². The van der Waals surface area contributed by atoms with Crippen LogP contribution < -0.4 is 24.8 Å². The molecule has 24 heavy (non-hydrogen) atoms. The summed E-state index contributed by atoms with van der Waals surface area (Å²) in [7, 11) is -1.26. The van der Waals surface area contributed by atoms with Crippen molar-refractivity contribution in [1.29, 1.82) is 0 Å². The summed E-state index contributed by atoms with van der Waals surface area (Å²) in [6.45, 7) is 16.8. The van der Waals surface area contributed by atoms with Gasteiger partial charge in [-0.3, -0.25) is 6.08 Å². The molecule has 0 amide bonds. The summed E-state index contributed by atoms with van der Waals surface area (Å²) in [5.41, 5.74) is 4.46. The molecule has 0 aliphatic heterocycles. The van der Waals surface area contributed by atoms with Gasteiger partial charge in [-0.2, -0.15) is 17.3 Å². The smallest absolute Gasteiger partial charge is 1.00 e. The maximum absolute atomic E-state index is 3.60. The maximum atomic E-state index is 3.60. The normalized spacial score (nSPS) is 23.2. The van der Waals surface area contributed by atoms with Gasteiger partial charge in [0, 0.05) is 4.75 Å². The fourth-order valence-corrected chi connectivity index (χ4v) is 9.99. The molecule has 0 nitrogen and oxygen atoms in total. The number of allylic oxidation sites excluding steroid dienone is 7. The molecule has 0 aromatic heterocycles. The fraction of sp³-hybridized carbons (Fsp3) is 0.579. The first-order valence-electron chi connectivity index (χ1n) is 7.92. The minimum atomic E-state index is -1.26. The van der Waals surface area contributed by atoms with E-state index < -0.39 is 7.22 Å². The Hall–Kier alpha value is 0.821. The third kappa shape index (κ3) is 5.41. The van der Waals surface area contributed by atoms with Gasteiger partial charge < -0.3 is 24.8 Å². The molecule has 0 heterocycles. The number of hydrogen-bond donors (Lipinski definition) is 0. The van der Waals surface area contributed by atoms with Crippen LogP contribution in [0.5, 0.6) is 0 Å². The number of rotatable bonds is 4. The Kier molecular flexibility index (Phi) is 10.9. The molecule has 133 valence electrons. The van der Waals surface area contributed by atoms with Gasteiger partial charge in [0.15, 0.2) is 0 Å². The van der Waals surface area contributed by atoms with Crippen LogP contribution in [0.1, 0.15) is 40.5 Å². The van der Waals surface area contributed by atoms with Crippen molar-refractivity contribution in [1.82, 2.24) is 0 Å². The first-order valence-corrected chi connectivity index (χ1v) is 13.0. The van der Waals surface area contributed by atoms with Crippen LogP contribution in [-0.4, -0.2) is 12.0 Å². The summed E-state index contributed by atoms with van der Waals surface area (Å²) in [6, 6.07) is 0. The SMILES string of the molecule is CC1=CCC(S[Si](C)(C)C)(C(C)(C)C2=[C-]CC=C2)C(C)=C1.[Cl-].[Cl-].[Ti+3]. The molecule has 2 aliphatic rings. The second-order valence-electron chi connectivity index (χ2n) is 7.84. The molecule has 0 saturated heterocycles. The van der Waals surface area contributed by atoms with Gasteiger partial charge in [0.05, 0.1) is 0 Å². The van der Waals surface area contributed by atoms with Gasteiger partial charge in [0.2, 0.25) is 0 Å². The predicted octanol–water partition coefficient (Wildman–Crippen LogP) is 0.311. The monoisotopic (exact) mass is 435 g/mol. The Morgan fingerprint density at radius 2 is 1.75 bits per heavy atom. The third-order valence-electron chi connectivity index (χ3n) is 4.65. The van der Waals surface area contributed by atoms with Crippen molar-refractivity contribution < 1.29 is 46.5 Å². The van der Waals surface area contributed by atoms with E-state index in [0.29, 0.717) is 0 Å². The standard InChI is InChI=1S/C19H29SSi.2ClH.Ti/c1-15-12-13-19(16(2)14-15,20-21(5,6)7)18(3,4)17-10-8-9-11-17;;;/h8,10,12,14H,9,13H2,1-7H3;2*1H;/q-1;;;+3/p-2. The third-order valence-corrected chi connectivity index (χ3v) is 9.49. The molecular formula is C19H29Cl2SSiTi. The van der Waals surface area contributed by atoms with Crippen LogP contribution in [0.4, 0.5) is 0 Å². The van der Waals surface area contributed by atoms with E-state index in [1.165, 1.54) is 16.7 Å². The zero-order chi connectivity index (χ0) is 15.9. The van der Waals surface area contributed by atoms with Crippen molar-refractivity contribution in [2.75, 3.05) is 0 Å². The Morgan fingerprint density at radius 1 is 1.17 bits per heavy atom. The zero-order valence-electron chi connectivity index (χ0n) is 15.9. The average Bonchev–Trinajstić information content (AvgIpc) is 2.85. The van der Waals surface area contributed by atoms with Crippen molar-refractivity contribution >= 4 is 18.4 Å². The Bertz CT molecular complexity index is 556. The van der Waals surface area contributed by atoms with Gasteiger partial charge >= 0.3 is 21.7 Å². The number of hydrogen-bond acceptors (Lipinski definition) is 1. The van der Waals surface area contributed by atoms with Crippen LogP contribution in [0, 0.1) is 11.5 Å². The van der Waals surface area contributed by atoms with Crippen molar-refractivity contribution in [2.45, 2.75) is 64.9 Å². The van der Waals surface area contributed by atoms with Gasteiger partial charge in [-0.1, -0.05) is 56.8 Å². The molecule has 0 aromatic carbocycles. The Balaban J connectivity index is 0. The van der Waals surface area contributed by atoms with E-state index in [2.05, 4.69) is 88.9 Å². The van der Waals surface area contributed by atoms with Gasteiger partial charge in [0.25, 0.3) is 0 Å². The van der Waals surface area contributed by atoms with Crippen molar-refractivity contribution in [3.05, 3.63) is 47.1 Å². The van der Waals surface area contributed by atoms with E-state index in [0.717, 1.165) is 12.8 Å². The van der Waals surface area contributed by atoms with E-state index in [-0.39, 0.29) is 56.7 Å². The molecule has 1 unspecified atom stereocenters. The molecule has 0 fully saturated rings. The topological polar surface area (TPSA) is 0 Å². The maximum Gasteiger partial charge on any atom is 3.00 e. The summed E-state index contributed by atoms with van der Waals surface area (Å²) < 4.78 is 0.175. The molecule has 0 bridgehead atoms. The van der Waals surface area contributed by atoms with Crippen LogP contribution in [-0.2, 0) is 21.7 Å². The summed E-state index contributed by atoms with van der Waals surface area (Å²) in [5.74, 6) is 0. The van der Waals surface area contributed by atoms with Crippen molar-refractivity contribution in [2.24, 2.45) is 5.41 Å². The first kappa shape index (κ1) is 27.0. The van der Waals surface area contributed by atoms with Crippen molar-refractivity contribution in [3.63, 3.8) is 0 Å². The molecule has 0 saturated carbocycles. The molecule has 5 heteroatoms. The van der Waals surface area contributed by atoms with Crippen LogP contribution in [0.2, 0.25) is 19.6 Å². The van der Waals surface area contributed by atoms with Gasteiger partial charge in [0.1, 0.15) is 7.22 Å².